The highest BCUT2D eigenvalue weighted by atomic mass is 35.5. The molecule has 0 atom stereocenters. The Morgan fingerprint density at radius 2 is 2.04 bits per heavy atom. The fourth-order valence-corrected chi connectivity index (χ4v) is 2.06. The van der Waals surface area contributed by atoms with E-state index in [0.717, 1.165) is 5.56 Å². The van der Waals surface area contributed by atoms with Crippen LogP contribution in [0.25, 0.3) is 11.3 Å². The van der Waals surface area contributed by atoms with Crippen LogP contribution in [-0.2, 0) is 11.3 Å². The summed E-state index contributed by atoms with van der Waals surface area (Å²) in [5.74, 6) is -0.187. The lowest BCUT2D eigenvalue weighted by Gasteiger charge is -2.00. The van der Waals surface area contributed by atoms with Crippen molar-refractivity contribution in [2.24, 2.45) is 0 Å². The third-order valence-corrected chi connectivity index (χ3v) is 3.33. The molecular formula is C16H11ClN2O4. The van der Waals surface area contributed by atoms with Gasteiger partial charge in [0.2, 0.25) is 0 Å². The smallest absolute Gasteiger partial charge is 0.344 e. The minimum atomic E-state index is -0.720. The molecule has 7 heteroatoms. The summed E-state index contributed by atoms with van der Waals surface area (Å²) >= 11 is 5.83. The first-order valence-electron chi connectivity index (χ1n) is 6.70. The van der Waals surface area contributed by atoms with E-state index >= 15 is 0 Å². The molecule has 0 aliphatic rings. The molecule has 0 radical (unpaired) electrons. The summed E-state index contributed by atoms with van der Waals surface area (Å²) in [6, 6.07) is 11.7. The van der Waals surface area contributed by atoms with Crippen LogP contribution in [0, 0.1) is 0 Å². The number of nitrogens with zero attached hydrogens (tertiary/aromatic N) is 1. The number of benzene rings is 1. The van der Waals surface area contributed by atoms with E-state index in [1.807, 2.05) is 0 Å². The molecule has 0 fully saturated rings. The molecule has 3 rings (SSSR count). The second-order valence-corrected chi connectivity index (χ2v) is 5.11. The van der Waals surface area contributed by atoms with Crippen LogP contribution in [0.1, 0.15) is 16.1 Å². The zero-order valence-corrected chi connectivity index (χ0v) is 12.5. The van der Waals surface area contributed by atoms with E-state index in [1.54, 1.807) is 36.4 Å². The monoisotopic (exact) mass is 330 g/mol. The first kappa shape index (κ1) is 15.1. The van der Waals surface area contributed by atoms with Crippen LogP contribution in [0.4, 0.5) is 0 Å². The molecular weight excluding hydrogens is 320 g/mol. The molecule has 0 amide bonds. The second kappa shape index (κ2) is 6.50. The van der Waals surface area contributed by atoms with Crippen LogP contribution in [-0.4, -0.2) is 16.1 Å². The maximum absolute atomic E-state index is 11.8. The number of halogens is 1. The van der Waals surface area contributed by atoms with Gasteiger partial charge in [-0.1, -0.05) is 16.8 Å². The quantitative estimate of drug-likeness (QED) is 0.743. The van der Waals surface area contributed by atoms with Gasteiger partial charge in [0.1, 0.15) is 17.9 Å². The van der Waals surface area contributed by atoms with Crippen molar-refractivity contribution in [2.45, 2.75) is 6.61 Å². The summed E-state index contributed by atoms with van der Waals surface area (Å²) in [5.41, 5.74) is 0.683. The number of H-pyrrole nitrogens is 1. The van der Waals surface area contributed by atoms with Gasteiger partial charge in [-0.05, 0) is 36.4 Å². The number of carbonyl (C=O) groups is 1. The number of aromatic amines is 1. The number of nitrogens with one attached hydrogen (secondary N) is 1. The lowest BCUT2D eigenvalue weighted by Crippen LogP contribution is -2.18. The summed E-state index contributed by atoms with van der Waals surface area (Å²) in [6.07, 6.45) is 1.44. The third-order valence-electron chi connectivity index (χ3n) is 3.08. The number of hydrogen-bond acceptors (Lipinski definition) is 5. The molecule has 0 aliphatic heterocycles. The summed E-state index contributed by atoms with van der Waals surface area (Å²) in [7, 11) is 0. The maximum atomic E-state index is 11.8. The highest BCUT2D eigenvalue weighted by Crippen LogP contribution is 2.22. The molecule has 1 N–H and O–H groups in total. The Morgan fingerprint density at radius 1 is 1.26 bits per heavy atom. The molecule has 6 nitrogen and oxygen atoms in total. The number of esters is 1. The van der Waals surface area contributed by atoms with Crippen molar-refractivity contribution in [1.29, 1.82) is 0 Å². The van der Waals surface area contributed by atoms with Crippen LogP contribution in [0.2, 0.25) is 5.02 Å². The summed E-state index contributed by atoms with van der Waals surface area (Å²) in [6.45, 7) is -0.0930. The van der Waals surface area contributed by atoms with E-state index in [2.05, 4.69) is 10.1 Å². The first-order valence-corrected chi connectivity index (χ1v) is 7.07. The molecule has 0 aliphatic carbocycles. The van der Waals surface area contributed by atoms with E-state index in [1.165, 1.54) is 12.3 Å². The van der Waals surface area contributed by atoms with Gasteiger partial charge >= 0.3 is 5.97 Å². The van der Waals surface area contributed by atoms with Gasteiger partial charge in [0.15, 0.2) is 5.76 Å². The molecule has 2 aromatic heterocycles. The molecule has 0 saturated heterocycles. The normalized spacial score (nSPS) is 10.5. The second-order valence-electron chi connectivity index (χ2n) is 4.68. The number of carbonyl (C=O) groups excluding carboxylic acids is 1. The van der Waals surface area contributed by atoms with Crippen molar-refractivity contribution in [2.75, 3.05) is 0 Å². The van der Waals surface area contributed by atoms with E-state index < -0.39 is 11.5 Å². The number of aromatic nitrogens is 2. The van der Waals surface area contributed by atoms with Crippen LogP contribution in [0.15, 0.2) is 58.0 Å². The lowest BCUT2D eigenvalue weighted by molar-refractivity contribution is 0.0462. The predicted octanol–water partition coefficient (Wildman–Crippen LogP) is 3.04. The molecule has 0 spiro atoms. The number of rotatable bonds is 4. The standard InChI is InChI=1S/C16H11ClN2O4/c17-11-5-3-10(4-6-11)14-8-12(19-23-14)9-22-16(21)13-2-1-7-18-15(13)20/h1-8H,9H2,(H,18,20). The van der Waals surface area contributed by atoms with Gasteiger partial charge in [-0.2, -0.15) is 0 Å². The zero-order chi connectivity index (χ0) is 16.2. The van der Waals surface area contributed by atoms with E-state index in [4.69, 9.17) is 20.9 Å². The Labute approximate surface area is 135 Å². The van der Waals surface area contributed by atoms with Crippen molar-refractivity contribution in [3.8, 4) is 11.3 Å². The Kier molecular flexibility index (Phi) is 4.25. The fourth-order valence-electron chi connectivity index (χ4n) is 1.93. The van der Waals surface area contributed by atoms with Crippen molar-refractivity contribution in [1.82, 2.24) is 10.1 Å². The molecule has 0 unspecified atom stereocenters. The average molecular weight is 331 g/mol. The maximum Gasteiger partial charge on any atom is 0.344 e. The minimum Gasteiger partial charge on any atom is -0.455 e. The van der Waals surface area contributed by atoms with Crippen molar-refractivity contribution >= 4 is 17.6 Å². The third kappa shape index (κ3) is 3.49. The summed E-state index contributed by atoms with van der Waals surface area (Å²) in [4.78, 5) is 25.7. The van der Waals surface area contributed by atoms with E-state index in [-0.39, 0.29) is 12.2 Å². The zero-order valence-electron chi connectivity index (χ0n) is 11.8. The number of ether oxygens (including phenoxy) is 1. The largest absolute Gasteiger partial charge is 0.455 e. The highest BCUT2D eigenvalue weighted by Gasteiger charge is 2.13. The van der Waals surface area contributed by atoms with Crippen molar-refractivity contribution in [3.63, 3.8) is 0 Å². The lowest BCUT2D eigenvalue weighted by atomic mass is 10.2. The molecule has 2 heterocycles. The topological polar surface area (TPSA) is 85.2 Å². The SMILES string of the molecule is O=C(OCc1cc(-c2ccc(Cl)cc2)on1)c1ccc[nH]c1=O. The predicted molar refractivity (Wildman–Crippen MR) is 83.1 cm³/mol. The average Bonchev–Trinajstić information content (AvgIpc) is 3.03. The minimum absolute atomic E-state index is 0.0612. The Morgan fingerprint density at radius 3 is 2.78 bits per heavy atom. The summed E-state index contributed by atoms with van der Waals surface area (Å²) in [5, 5.41) is 4.45. The van der Waals surface area contributed by atoms with E-state index in [0.29, 0.717) is 16.5 Å². The van der Waals surface area contributed by atoms with Crippen molar-refractivity contribution in [3.05, 3.63) is 75.3 Å². The van der Waals surface area contributed by atoms with Crippen LogP contribution >= 0.6 is 11.6 Å². The molecule has 1 aromatic carbocycles. The molecule has 23 heavy (non-hydrogen) atoms. The van der Waals surface area contributed by atoms with Crippen LogP contribution in [0.5, 0.6) is 0 Å². The van der Waals surface area contributed by atoms with Crippen LogP contribution in [0.3, 0.4) is 0 Å². The molecule has 3 aromatic rings. The Bertz CT molecular complexity index is 883. The van der Waals surface area contributed by atoms with Gasteiger partial charge < -0.3 is 14.2 Å². The number of hydrogen-bond donors (Lipinski definition) is 1. The Balaban J connectivity index is 1.68. The molecule has 116 valence electrons. The van der Waals surface area contributed by atoms with Gasteiger partial charge in [-0.3, -0.25) is 4.79 Å². The molecule has 0 bridgehead atoms. The number of pyridine rings is 1. The van der Waals surface area contributed by atoms with E-state index in [9.17, 15) is 9.59 Å². The fraction of sp³-hybridized carbons (Fsp3) is 0.0625. The van der Waals surface area contributed by atoms with Crippen molar-refractivity contribution < 1.29 is 14.1 Å². The first-order chi connectivity index (χ1) is 11.1. The molecule has 0 saturated carbocycles. The van der Waals surface area contributed by atoms with Gasteiger partial charge in [-0.15, -0.1) is 0 Å². The van der Waals surface area contributed by atoms with Crippen LogP contribution < -0.4 is 5.56 Å². The van der Waals surface area contributed by atoms with Gasteiger partial charge in [0.05, 0.1) is 0 Å². The Hall–Kier alpha value is -2.86. The van der Waals surface area contributed by atoms with Gasteiger partial charge in [0.25, 0.3) is 5.56 Å². The van der Waals surface area contributed by atoms with Gasteiger partial charge in [-0.25, -0.2) is 4.79 Å². The van der Waals surface area contributed by atoms with Gasteiger partial charge in [0, 0.05) is 22.8 Å². The highest BCUT2D eigenvalue weighted by molar-refractivity contribution is 6.30. The summed E-state index contributed by atoms with van der Waals surface area (Å²) < 4.78 is 10.3.